The van der Waals surface area contributed by atoms with E-state index in [2.05, 4.69) is 15.9 Å². The fraction of sp³-hybridized carbons (Fsp3) is 0.462. The first-order valence-electron chi connectivity index (χ1n) is 5.87. The summed E-state index contributed by atoms with van der Waals surface area (Å²) in [6, 6.07) is 5.18. The van der Waals surface area contributed by atoms with Gasteiger partial charge >= 0.3 is 0 Å². The van der Waals surface area contributed by atoms with Gasteiger partial charge < -0.3 is 10.0 Å². The molecule has 1 rings (SSSR count). The lowest BCUT2D eigenvalue weighted by atomic mass is 10.2. The number of nitrogens with zero attached hydrogens (tertiary/aromatic N) is 1. The molecule has 1 N–H and O–H groups in total. The summed E-state index contributed by atoms with van der Waals surface area (Å²) in [7, 11) is 1.77. The Balaban J connectivity index is 2.60. The van der Waals surface area contributed by atoms with Gasteiger partial charge in [-0.05, 0) is 53.4 Å². The summed E-state index contributed by atoms with van der Waals surface area (Å²) in [6.45, 7) is 0.884. The van der Waals surface area contributed by atoms with Crippen LogP contribution in [0, 0.1) is 0 Å². The van der Waals surface area contributed by atoms with Crippen LogP contribution in [0.3, 0.4) is 0 Å². The highest BCUT2D eigenvalue weighted by Crippen LogP contribution is 2.22. The van der Waals surface area contributed by atoms with E-state index in [1.165, 1.54) is 0 Å². The number of carbonyl (C=O) groups excluding carboxylic acids is 1. The van der Waals surface area contributed by atoms with Crippen LogP contribution < -0.4 is 0 Å². The smallest absolute Gasteiger partial charge is 0.254 e. The van der Waals surface area contributed by atoms with E-state index in [0.717, 1.165) is 23.7 Å². The topological polar surface area (TPSA) is 40.5 Å². The molecule has 1 aromatic rings. The van der Waals surface area contributed by atoms with E-state index in [4.69, 9.17) is 16.7 Å². The van der Waals surface area contributed by atoms with Crippen LogP contribution in [0.1, 0.15) is 29.6 Å². The lowest BCUT2D eigenvalue weighted by molar-refractivity contribution is 0.0791. The van der Waals surface area contributed by atoms with Gasteiger partial charge in [-0.2, -0.15) is 0 Å². The molecule has 5 heteroatoms. The van der Waals surface area contributed by atoms with Gasteiger partial charge in [0.2, 0.25) is 0 Å². The molecule has 0 aliphatic carbocycles. The molecule has 0 radical (unpaired) electrons. The largest absolute Gasteiger partial charge is 0.396 e. The van der Waals surface area contributed by atoms with Gasteiger partial charge in [0.05, 0.1) is 5.56 Å². The maximum Gasteiger partial charge on any atom is 0.254 e. The molecule has 3 nitrogen and oxygen atoms in total. The average molecular weight is 335 g/mol. The van der Waals surface area contributed by atoms with Gasteiger partial charge in [0.1, 0.15) is 0 Å². The van der Waals surface area contributed by atoms with Crippen LogP contribution in [-0.4, -0.2) is 36.1 Å². The van der Waals surface area contributed by atoms with Gasteiger partial charge in [0, 0.05) is 29.7 Å². The molecule has 18 heavy (non-hydrogen) atoms. The molecule has 0 fully saturated rings. The Morgan fingerprint density at radius 2 is 2.11 bits per heavy atom. The minimum Gasteiger partial charge on any atom is -0.396 e. The molecule has 0 saturated heterocycles. The predicted octanol–water partition coefficient (Wildman–Crippen LogP) is 3.34. The molecule has 0 aromatic heterocycles. The third kappa shape index (κ3) is 4.59. The quantitative estimate of drug-likeness (QED) is 0.811. The summed E-state index contributed by atoms with van der Waals surface area (Å²) in [5.41, 5.74) is 0.576. The highest BCUT2D eigenvalue weighted by Gasteiger charge is 2.14. The number of carbonyl (C=O) groups is 1. The van der Waals surface area contributed by atoms with Crippen LogP contribution >= 0.6 is 27.5 Å². The summed E-state index contributed by atoms with van der Waals surface area (Å²) in [5, 5.41) is 9.24. The number of hydrogen-bond acceptors (Lipinski definition) is 2. The van der Waals surface area contributed by atoms with Crippen molar-refractivity contribution in [3.05, 3.63) is 33.3 Å². The van der Waals surface area contributed by atoms with E-state index in [1.54, 1.807) is 30.1 Å². The fourth-order valence-corrected chi connectivity index (χ4v) is 2.19. The summed E-state index contributed by atoms with van der Waals surface area (Å²) in [4.78, 5) is 13.8. The van der Waals surface area contributed by atoms with Crippen LogP contribution in [0.4, 0.5) is 0 Å². The van der Waals surface area contributed by atoms with Crippen molar-refractivity contribution in [2.75, 3.05) is 20.2 Å². The van der Waals surface area contributed by atoms with Crippen molar-refractivity contribution in [3.8, 4) is 0 Å². The zero-order valence-electron chi connectivity index (χ0n) is 10.3. The van der Waals surface area contributed by atoms with E-state index < -0.39 is 0 Å². The van der Waals surface area contributed by atoms with Gasteiger partial charge in [0.25, 0.3) is 5.91 Å². The number of rotatable bonds is 6. The molecule has 100 valence electrons. The van der Waals surface area contributed by atoms with Crippen molar-refractivity contribution in [1.82, 2.24) is 4.90 Å². The number of hydrogen-bond donors (Lipinski definition) is 1. The number of benzene rings is 1. The van der Waals surface area contributed by atoms with Crippen LogP contribution in [0.5, 0.6) is 0 Å². The SMILES string of the molecule is CN(CCCCCO)C(=O)c1cc(Cl)ccc1Br. The molecule has 0 spiro atoms. The molecule has 0 atom stereocenters. The van der Waals surface area contributed by atoms with Gasteiger partial charge in [-0.15, -0.1) is 0 Å². The van der Waals surface area contributed by atoms with Gasteiger partial charge in [-0.3, -0.25) is 4.79 Å². The molecule has 0 saturated carbocycles. The number of aliphatic hydroxyl groups is 1. The summed E-state index contributed by atoms with van der Waals surface area (Å²) >= 11 is 9.25. The first kappa shape index (κ1) is 15.5. The molecule has 1 amide bonds. The second kappa shape index (κ2) is 7.77. The number of aliphatic hydroxyl groups excluding tert-OH is 1. The molecule has 0 aliphatic rings. The van der Waals surface area contributed by atoms with Crippen molar-refractivity contribution in [1.29, 1.82) is 0 Å². The first-order valence-corrected chi connectivity index (χ1v) is 7.04. The molecule has 0 aliphatic heterocycles. The second-order valence-corrected chi connectivity index (χ2v) is 5.43. The van der Waals surface area contributed by atoms with Gasteiger partial charge in [0.15, 0.2) is 0 Å². The minimum atomic E-state index is -0.0478. The Labute approximate surface area is 121 Å². The van der Waals surface area contributed by atoms with Crippen LogP contribution in [0.25, 0.3) is 0 Å². The lowest BCUT2D eigenvalue weighted by Gasteiger charge is -2.18. The number of amides is 1. The highest BCUT2D eigenvalue weighted by atomic mass is 79.9. The molecule has 0 bridgehead atoms. The van der Waals surface area contributed by atoms with Crippen molar-refractivity contribution >= 4 is 33.4 Å². The maximum atomic E-state index is 12.2. The lowest BCUT2D eigenvalue weighted by Crippen LogP contribution is -2.28. The van der Waals surface area contributed by atoms with Crippen LogP contribution in [0.15, 0.2) is 22.7 Å². The summed E-state index contributed by atoms with van der Waals surface area (Å²) in [5.74, 6) is -0.0478. The fourth-order valence-electron chi connectivity index (χ4n) is 1.61. The Morgan fingerprint density at radius 1 is 1.39 bits per heavy atom. The normalized spacial score (nSPS) is 10.4. The molecular formula is C13H17BrClNO2. The van der Waals surface area contributed by atoms with Crippen molar-refractivity contribution in [2.45, 2.75) is 19.3 Å². The molecule has 1 aromatic carbocycles. The monoisotopic (exact) mass is 333 g/mol. The van der Waals surface area contributed by atoms with Crippen molar-refractivity contribution in [2.24, 2.45) is 0 Å². The van der Waals surface area contributed by atoms with Gasteiger partial charge in [-0.25, -0.2) is 0 Å². The molecule has 0 unspecified atom stereocenters. The van der Waals surface area contributed by atoms with E-state index >= 15 is 0 Å². The highest BCUT2D eigenvalue weighted by molar-refractivity contribution is 9.10. The second-order valence-electron chi connectivity index (χ2n) is 4.14. The Kier molecular flexibility index (Phi) is 6.68. The maximum absolute atomic E-state index is 12.2. The van der Waals surface area contributed by atoms with Gasteiger partial charge in [-0.1, -0.05) is 11.6 Å². The molecule has 0 heterocycles. The summed E-state index contributed by atoms with van der Waals surface area (Å²) < 4.78 is 0.749. The zero-order valence-corrected chi connectivity index (χ0v) is 12.7. The number of halogens is 2. The van der Waals surface area contributed by atoms with E-state index in [1.807, 2.05) is 0 Å². The third-order valence-electron chi connectivity index (χ3n) is 2.66. The van der Waals surface area contributed by atoms with E-state index in [0.29, 0.717) is 17.1 Å². The van der Waals surface area contributed by atoms with Crippen LogP contribution in [0.2, 0.25) is 5.02 Å². The number of unbranched alkanes of at least 4 members (excludes halogenated alkanes) is 2. The minimum absolute atomic E-state index is 0.0478. The third-order valence-corrected chi connectivity index (χ3v) is 3.58. The van der Waals surface area contributed by atoms with E-state index in [9.17, 15) is 4.79 Å². The predicted molar refractivity (Wildman–Crippen MR) is 77.0 cm³/mol. The van der Waals surface area contributed by atoms with Crippen molar-refractivity contribution in [3.63, 3.8) is 0 Å². The van der Waals surface area contributed by atoms with Crippen molar-refractivity contribution < 1.29 is 9.90 Å². The molecular weight excluding hydrogens is 318 g/mol. The van der Waals surface area contributed by atoms with Crippen LogP contribution in [-0.2, 0) is 0 Å². The standard InChI is InChI=1S/C13H17BrClNO2/c1-16(7-3-2-4-8-17)13(18)11-9-10(15)5-6-12(11)14/h5-6,9,17H,2-4,7-8H2,1H3. The van der Waals surface area contributed by atoms with E-state index in [-0.39, 0.29) is 12.5 Å². The summed E-state index contributed by atoms with van der Waals surface area (Å²) in [6.07, 6.45) is 2.59. The first-order chi connectivity index (χ1) is 8.56. The Hall–Kier alpha value is -0.580. The average Bonchev–Trinajstić information content (AvgIpc) is 2.36. The Bertz CT molecular complexity index is 412. The zero-order chi connectivity index (χ0) is 13.5. The Morgan fingerprint density at radius 3 is 2.78 bits per heavy atom.